The van der Waals surface area contributed by atoms with Crippen LogP contribution in [0, 0.1) is 5.92 Å². The monoisotopic (exact) mass is 203 g/mol. The van der Waals surface area contributed by atoms with E-state index < -0.39 is 5.92 Å². The van der Waals surface area contributed by atoms with Crippen LogP contribution in [0.4, 0.5) is 0 Å². The summed E-state index contributed by atoms with van der Waals surface area (Å²) in [5.41, 5.74) is 0. The number of carbonyl (C=O) groups is 2. The van der Waals surface area contributed by atoms with E-state index in [2.05, 4.69) is 9.39 Å². The van der Waals surface area contributed by atoms with Gasteiger partial charge in [-0.2, -0.15) is 0 Å². The molecular formula is C8H14NO3P. The highest BCUT2D eigenvalue weighted by Gasteiger charge is 2.32. The Morgan fingerprint density at radius 3 is 3.08 bits per heavy atom. The Balaban J connectivity index is 2.55. The van der Waals surface area contributed by atoms with Gasteiger partial charge >= 0.3 is 5.97 Å². The number of hydrogen-bond donors (Lipinski definition) is 0. The highest BCUT2D eigenvalue weighted by Crippen LogP contribution is 2.17. The van der Waals surface area contributed by atoms with Crippen LogP contribution >= 0.6 is 9.39 Å². The smallest absolute Gasteiger partial charge is 0.317 e. The molecule has 0 saturated carbocycles. The van der Waals surface area contributed by atoms with Gasteiger partial charge in [-0.05, 0) is 6.92 Å². The average Bonchev–Trinajstić information content (AvgIpc) is 2.09. The van der Waals surface area contributed by atoms with E-state index >= 15 is 0 Å². The number of nitrogens with zero attached hydrogens (tertiary/aromatic N) is 1. The molecule has 0 aromatic heterocycles. The molecule has 5 heteroatoms. The number of ketones is 1. The molecule has 0 N–H and O–H groups in total. The lowest BCUT2D eigenvalue weighted by molar-refractivity contribution is -0.152. The Hall–Kier alpha value is -0.470. The Labute approximate surface area is 79.9 Å². The van der Waals surface area contributed by atoms with E-state index in [0.29, 0.717) is 26.1 Å². The molecule has 2 atom stereocenters. The molecule has 0 bridgehead atoms. The van der Waals surface area contributed by atoms with Crippen LogP contribution in [0.15, 0.2) is 0 Å². The quantitative estimate of drug-likeness (QED) is 0.366. The number of hydrogen-bond acceptors (Lipinski definition) is 4. The van der Waals surface area contributed by atoms with Gasteiger partial charge in [-0.1, -0.05) is 9.39 Å². The third-order valence-electron chi connectivity index (χ3n) is 2.02. The third-order valence-corrected chi connectivity index (χ3v) is 2.49. The molecule has 74 valence electrons. The maximum Gasteiger partial charge on any atom is 0.317 e. The summed E-state index contributed by atoms with van der Waals surface area (Å²) in [7, 11) is 2.50. The lowest BCUT2D eigenvalue weighted by atomic mass is 9.98. The number of piperidine rings is 1. The molecule has 0 radical (unpaired) electrons. The van der Waals surface area contributed by atoms with Gasteiger partial charge in [0.05, 0.1) is 6.61 Å². The number of esters is 1. The van der Waals surface area contributed by atoms with Crippen molar-refractivity contribution in [2.24, 2.45) is 5.92 Å². The van der Waals surface area contributed by atoms with Gasteiger partial charge in [-0.15, -0.1) is 0 Å². The molecule has 1 aliphatic heterocycles. The largest absolute Gasteiger partial charge is 0.465 e. The average molecular weight is 203 g/mol. The van der Waals surface area contributed by atoms with Crippen LogP contribution in [0.3, 0.4) is 0 Å². The Bertz CT molecular complexity index is 219. The Kier molecular flexibility index (Phi) is 3.82. The fraction of sp³-hybridized carbons (Fsp3) is 0.750. The van der Waals surface area contributed by atoms with E-state index in [1.54, 1.807) is 6.92 Å². The molecule has 1 saturated heterocycles. The predicted molar refractivity (Wildman–Crippen MR) is 51.0 cm³/mol. The fourth-order valence-corrected chi connectivity index (χ4v) is 1.64. The summed E-state index contributed by atoms with van der Waals surface area (Å²) in [6.45, 7) is 3.24. The Morgan fingerprint density at radius 2 is 2.46 bits per heavy atom. The van der Waals surface area contributed by atoms with E-state index in [0.717, 1.165) is 0 Å². The molecule has 1 aliphatic rings. The molecule has 0 aromatic rings. The van der Waals surface area contributed by atoms with Crippen LogP contribution in [0.25, 0.3) is 0 Å². The van der Waals surface area contributed by atoms with Gasteiger partial charge in [0.15, 0.2) is 0 Å². The van der Waals surface area contributed by atoms with Crippen molar-refractivity contribution in [3.8, 4) is 0 Å². The summed E-state index contributed by atoms with van der Waals surface area (Å²) in [4.78, 5) is 22.6. The van der Waals surface area contributed by atoms with Crippen LogP contribution in [-0.2, 0) is 14.3 Å². The van der Waals surface area contributed by atoms with Crippen molar-refractivity contribution in [3.05, 3.63) is 0 Å². The zero-order valence-corrected chi connectivity index (χ0v) is 8.81. The molecule has 0 amide bonds. The number of ether oxygens (including phenoxy) is 1. The first-order valence-corrected chi connectivity index (χ1v) is 4.85. The topological polar surface area (TPSA) is 46.6 Å². The summed E-state index contributed by atoms with van der Waals surface area (Å²) in [6.07, 6.45) is 0.437. The highest BCUT2D eigenvalue weighted by atomic mass is 31.0. The highest BCUT2D eigenvalue weighted by molar-refractivity contribution is 7.13. The molecule has 1 heterocycles. The summed E-state index contributed by atoms with van der Waals surface area (Å²) in [5.74, 6) is -0.969. The van der Waals surface area contributed by atoms with Crippen molar-refractivity contribution < 1.29 is 14.3 Å². The normalized spacial score (nSPS) is 24.5. The minimum absolute atomic E-state index is 0.00264. The second kappa shape index (κ2) is 4.68. The van der Waals surface area contributed by atoms with E-state index in [9.17, 15) is 9.59 Å². The maximum absolute atomic E-state index is 11.3. The Morgan fingerprint density at radius 1 is 1.77 bits per heavy atom. The van der Waals surface area contributed by atoms with Crippen LogP contribution in [0.5, 0.6) is 0 Å². The zero-order valence-electron chi connectivity index (χ0n) is 7.66. The van der Waals surface area contributed by atoms with Crippen molar-refractivity contribution in [3.63, 3.8) is 0 Å². The molecule has 0 aromatic carbocycles. The second-order valence-electron chi connectivity index (χ2n) is 3.02. The fourth-order valence-electron chi connectivity index (χ4n) is 1.30. The second-order valence-corrected chi connectivity index (χ2v) is 3.75. The van der Waals surface area contributed by atoms with Gasteiger partial charge in [0.1, 0.15) is 11.7 Å². The molecule has 0 spiro atoms. The standard InChI is InChI=1S/C8H14NO3P/c1-2-12-8(11)6-5-9(13)4-3-7(6)10/h6H,2-5,13H2,1H3. The first-order valence-electron chi connectivity index (χ1n) is 4.34. The van der Waals surface area contributed by atoms with Gasteiger partial charge < -0.3 is 4.74 Å². The van der Waals surface area contributed by atoms with Crippen LogP contribution in [-0.4, -0.2) is 36.1 Å². The van der Waals surface area contributed by atoms with Gasteiger partial charge in [0, 0.05) is 19.5 Å². The lowest BCUT2D eigenvalue weighted by Gasteiger charge is -2.26. The van der Waals surface area contributed by atoms with Crippen molar-refractivity contribution in [2.75, 3.05) is 19.7 Å². The predicted octanol–water partition coefficient (Wildman–Crippen LogP) is 0.231. The molecule has 2 unspecified atom stereocenters. The third kappa shape index (κ3) is 2.75. The molecule has 1 rings (SSSR count). The van der Waals surface area contributed by atoms with E-state index in [1.165, 1.54) is 0 Å². The van der Waals surface area contributed by atoms with E-state index in [4.69, 9.17) is 4.74 Å². The zero-order chi connectivity index (χ0) is 9.84. The van der Waals surface area contributed by atoms with Gasteiger partial charge in [0.25, 0.3) is 0 Å². The van der Waals surface area contributed by atoms with Crippen LogP contribution in [0.2, 0.25) is 0 Å². The molecular weight excluding hydrogens is 189 g/mol. The summed E-state index contributed by atoms with van der Waals surface area (Å²) < 4.78 is 6.70. The summed E-state index contributed by atoms with van der Waals surface area (Å²) >= 11 is 0. The maximum atomic E-state index is 11.3. The first kappa shape index (κ1) is 10.6. The van der Waals surface area contributed by atoms with Crippen LogP contribution in [0.1, 0.15) is 13.3 Å². The summed E-state index contributed by atoms with van der Waals surface area (Å²) in [6, 6.07) is 0. The van der Waals surface area contributed by atoms with E-state index in [-0.39, 0.29) is 11.8 Å². The molecule has 13 heavy (non-hydrogen) atoms. The van der Waals surface area contributed by atoms with Crippen molar-refractivity contribution in [1.29, 1.82) is 0 Å². The minimum Gasteiger partial charge on any atom is -0.465 e. The van der Waals surface area contributed by atoms with Gasteiger partial charge in [0.2, 0.25) is 0 Å². The van der Waals surface area contributed by atoms with Crippen molar-refractivity contribution >= 4 is 21.1 Å². The first-order chi connectivity index (χ1) is 6.15. The number of Topliss-reactive ketones (excluding diaryl/α,β-unsaturated/α-hetero) is 1. The summed E-state index contributed by atoms with van der Waals surface area (Å²) in [5, 5.41) is 0. The van der Waals surface area contributed by atoms with Crippen molar-refractivity contribution in [2.45, 2.75) is 13.3 Å². The van der Waals surface area contributed by atoms with Crippen LogP contribution < -0.4 is 0 Å². The van der Waals surface area contributed by atoms with Crippen molar-refractivity contribution in [1.82, 2.24) is 4.67 Å². The molecule has 1 fully saturated rings. The SMILES string of the molecule is CCOC(=O)C1CN(P)CCC1=O. The molecule has 4 nitrogen and oxygen atoms in total. The number of carbonyl (C=O) groups excluding carboxylic acids is 2. The lowest BCUT2D eigenvalue weighted by Crippen LogP contribution is -2.40. The molecule has 0 aliphatic carbocycles. The number of rotatable bonds is 2. The van der Waals surface area contributed by atoms with Gasteiger partial charge in [-0.25, -0.2) is 0 Å². The van der Waals surface area contributed by atoms with Gasteiger partial charge in [-0.3, -0.25) is 14.3 Å². The minimum atomic E-state index is -0.578. The van der Waals surface area contributed by atoms with E-state index in [1.807, 2.05) is 4.67 Å².